The lowest BCUT2D eigenvalue weighted by Crippen LogP contribution is -2.47. The minimum Gasteiger partial charge on any atom is -0.396 e. The van der Waals surface area contributed by atoms with Crippen molar-refractivity contribution in [3.63, 3.8) is 0 Å². The Balaban J connectivity index is 2.12. The molecule has 0 bridgehead atoms. The molecular weight excluding hydrogens is 338 g/mol. The Bertz CT molecular complexity index is 747. The minimum atomic E-state index is -0.956. The van der Waals surface area contributed by atoms with Crippen LogP contribution in [0.15, 0.2) is 48.5 Å². The summed E-state index contributed by atoms with van der Waals surface area (Å²) < 4.78 is 6.37. The highest BCUT2D eigenvalue weighted by molar-refractivity contribution is 6.30. The van der Waals surface area contributed by atoms with E-state index in [0.29, 0.717) is 30.2 Å². The van der Waals surface area contributed by atoms with E-state index in [9.17, 15) is 4.79 Å². The van der Waals surface area contributed by atoms with Gasteiger partial charge in [0.2, 0.25) is 0 Å². The van der Waals surface area contributed by atoms with Crippen LogP contribution in [0.2, 0.25) is 5.02 Å². The number of aliphatic hydroxyl groups excluding tert-OH is 1. The maximum Gasteiger partial charge on any atom is 0.257 e. The normalized spacial score (nSPS) is 19.3. The van der Waals surface area contributed by atoms with E-state index in [4.69, 9.17) is 21.4 Å². The molecule has 1 amide bonds. The number of nitrogens with zero attached hydrogens (tertiary/aromatic N) is 1. The average Bonchev–Trinajstić information content (AvgIpc) is 2.88. The van der Waals surface area contributed by atoms with Gasteiger partial charge in [0, 0.05) is 34.9 Å². The first-order valence-corrected chi connectivity index (χ1v) is 8.95. The lowest BCUT2D eigenvalue weighted by molar-refractivity contribution is -0.107. The van der Waals surface area contributed by atoms with Crippen molar-refractivity contribution in [2.75, 3.05) is 19.8 Å². The van der Waals surface area contributed by atoms with Gasteiger partial charge in [-0.1, -0.05) is 41.9 Å². The molecule has 4 nitrogen and oxygen atoms in total. The smallest absolute Gasteiger partial charge is 0.257 e. The fraction of sp³-hybridized carbons (Fsp3) is 0.350. The van der Waals surface area contributed by atoms with Crippen molar-refractivity contribution >= 4 is 17.5 Å². The van der Waals surface area contributed by atoms with Crippen LogP contribution in [0.1, 0.15) is 41.3 Å². The van der Waals surface area contributed by atoms with Crippen molar-refractivity contribution in [2.24, 2.45) is 0 Å². The molecule has 1 heterocycles. The van der Waals surface area contributed by atoms with Crippen LogP contribution in [0.25, 0.3) is 0 Å². The highest BCUT2D eigenvalue weighted by Gasteiger charge is 2.51. The Morgan fingerprint density at radius 2 is 1.84 bits per heavy atom. The number of carbonyl (C=O) groups excluding carboxylic acids is 1. The van der Waals surface area contributed by atoms with E-state index >= 15 is 0 Å². The Kier molecular flexibility index (Phi) is 5.42. The summed E-state index contributed by atoms with van der Waals surface area (Å²) >= 11 is 6.06. The summed E-state index contributed by atoms with van der Waals surface area (Å²) in [6, 6.07) is 15.0. The second-order valence-corrected chi connectivity index (χ2v) is 6.46. The van der Waals surface area contributed by atoms with E-state index in [1.807, 2.05) is 55.5 Å². The number of amides is 1. The number of benzene rings is 2. The van der Waals surface area contributed by atoms with Crippen molar-refractivity contribution in [1.29, 1.82) is 0 Å². The fourth-order valence-corrected chi connectivity index (χ4v) is 3.55. The predicted octanol–water partition coefficient (Wildman–Crippen LogP) is 3.81. The van der Waals surface area contributed by atoms with Gasteiger partial charge in [-0.15, -0.1) is 0 Å². The largest absolute Gasteiger partial charge is 0.396 e. The first kappa shape index (κ1) is 17.9. The second-order valence-electron chi connectivity index (χ2n) is 6.03. The Hall–Kier alpha value is -1.88. The van der Waals surface area contributed by atoms with Gasteiger partial charge < -0.3 is 14.7 Å². The molecule has 1 N–H and O–H groups in total. The number of hydrogen-bond donors (Lipinski definition) is 1. The summed E-state index contributed by atoms with van der Waals surface area (Å²) in [5.41, 5.74) is 1.44. The molecule has 3 rings (SSSR count). The standard InChI is InChI=1S/C20H22ClNO3/c1-2-22-19(24)17-7-3-4-8-18(17)20(22,25-14-6-5-13-23)15-9-11-16(21)12-10-15/h3-4,7-12,23H,2,5-6,13-14H2,1H3. The number of unbranched alkanes of at least 4 members (excludes halogenated alkanes) is 1. The molecule has 5 heteroatoms. The van der Waals surface area contributed by atoms with E-state index in [2.05, 4.69) is 0 Å². The zero-order chi connectivity index (χ0) is 17.9. The SMILES string of the molecule is CCN1C(=O)c2ccccc2C1(OCCCCO)c1ccc(Cl)cc1. The Morgan fingerprint density at radius 3 is 2.52 bits per heavy atom. The van der Waals surface area contributed by atoms with Crippen LogP contribution in [0.5, 0.6) is 0 Å². The van der Waals surface area contributed by atoms with E-state index in [1.165, 1.54) is 0 Å². The number of aliphatic hydroxyl groups is 1. The number of fused-ring (bicyclic) bond motifs is 1. The van der Waals surface area contributed by atoms with Gasteiger partial charge in [-0.2, -0.15) is 0 Å². The molecule has 0 spiro atoms. The second kappa shape index (κ2) is 7.56. The van der Waals surface area contributed by atoms with Crippen LogP contribution in [-0.4, -0.2) is 35.7 Å². The van der Waals surface area contributed by atoms with Crippen LogP contribution in [0, 0.1) is 0 Å². The molecule has 2 aromatic carbocycles. The van der Waals surface area contributed by atoms with Gasteiger partial charge in [-0.25, -0.2) is 0 Å². The zero-order valence-corrected chi connectivity index (χ0v) is 15.0. The Labute approximate surface area is 153 Å². The molecule has 132 valence electrons. The molecule has 0 saturated carbocycles. The quantitative estimate of drug-likeness (QED) is 0.765. The first-order valence-electron chi connectivity index (χ1n) is 8.57. The van der Waals surface area contributed by atoms with Gasteiger partial charge >= 0.3 is 0 Å². The van der Waals surface area contributed by atoms with Gasteiger partial charge in [0.1, 0.15) is 0 Å². The highest BCUT2D eigenvalue weighted by atomic mass is 35.5. The molecular formula is C20H22ClNO3. The van der Waals surface area contributed by atoms with Gasteiger partial charge in [0.15, 0.2) is 5.72 Å². The molecule has 1 atom stereocenters. The van der Waals surface area contributed by atoms with Crippen molar-refractivity contribution in [2.45, 2.75) is 25.5 Å². The van der Waals surface area contributed by atoms with Gasteiger partial charge in [0.25, 0.3) is 5.91 Å². The lowest BCUT2D eigenvalue weighted by atomic mass is 9.93. The topological polar surface area (TPSA) is 49.8 Å². The zero-order valence-electron chi connectivity index (χ0n) is 14.2. The molecule has 0 saturated heterocycles. The molecule has 1 aliphatic heterocycles. The molecule has 1 aliphatic rings. The monoisotopic (exact) mass is 359 g/mol. The van der Waals surface area contributed by atoms with Gasteiger partial charge in [0.05, 0.1) is 6.61 Å². The van der Waals surface area contributed by atoms with Crippen LogP contribution in [0.3, 0.4) is 0 Å². The van der Waals surface area contributed by atoms with E-state index in [0.717, 1.165) is 17.5 Å². The first-order chi connectivity index (χ1) is 12.1. The maximum absolute atomic E-state index is 13.0. The summed E-state index contributed by atoms with van der Waals surface area (Å²) in [4.78, 5) is 14.7. The third-order valence-electron chi connectivity index (χ3n) is 4.56. The number of ether oxygens (including phenoxy) is 1. The van der Waals surface area contributed by atoms with Crippen molar-refractivity contribution in [3.8, 4) is 0 Å². The van der Waals surface area contributed by atoms with Gasteiger partial charge in [-0.3, -0.25) is 4.79 Å². The number of halogens is 1. The lowest BCUT2D eigenvalue weighted by Gasteiger charge is -2.39. The molecule has 0 aliphatic carbocycles. The van der Waals surface area contributed by atoms with Crippen LogP contribution in [0.4, 0.5) is 0 Å². The number of rotatable bonds is 7. The molecule has 0 radical (unpaired) electrons. The summed E-state index contributed by atoms with van der Waals surface area (Å²) in [5, 5.41) is 9.67. The highest BCUT2D eigenvalue weighted by Crippen LogP contribution is 2.45. The van der Waals surface area contributed by atoms with E-state index in [1.54, 1.807) is 4.90 Å². The van der Waals surface area contributed by atoms with Crippen LogP contribution >= 0.6 is 11.6 Å². The van der Waals surface area contributed by atoms with E-state index in [-0.39, 0.29) is 12.5 Å². The summed E-state index contributed by atoms with van der Waals surface area (Å²) in [6.45, 7) is 3.05. The van der Waals surface area contributed by atoms with Crippen molar-refractivity contribution in [1.82, 2.24) is 4.90 Å². The summed E-state index contributed by atoms with van der Waals surface area (Å²) in [5.74, 6) is -0.0322. The molecule has 25 heavy (non-hydrogen) atoms. The Morgan fingerprint density at radius 1 is 1.12 bits per heavy atom. The maximum atomic E-state index is 13.0. The summed E-state index contributed by atoms with van der Waals surface area (Å²) in [7, 11) is 0. The molecule has 2 aromatic rings. The fourth-order valence-electron chi connectivity index (χ4n) is 3.43. The average molecular weight is 360 g/mol. The number of hydrogen-bond acceptors (Lipinski definition) is 3. The van der Waals surface area contributed by atoms with Crippen LogP contribution in [-0.2, 0) is 10.5 Å². The summed E-state index contributed by atoms with van der Waals surface area (Å²) in [6.07, 6.45) is 1.39. The number of carbonyl (C=O) groups is 1. The van der Waals surface area contributed by atoms with Crippen molar-refractivity contribution < 1.29 is 14.6 Å². The third kappa shape index (κ3) is 3.06. The van der Waals surface area contributed by atoms with Crippen LogP contribution < -0.4 is 0 Å². The minimum absolute atomic E-state index is 0.0322. The molecule has 0 fully saturated rings. The van der Waals surface area contributed by atoms with Crippen molar-refractivity contribution in [3.05, 3.63) is 70.2 Å². The predicted molar refractivity (Wildman–Crippen MR) is 97.7 cm³/mol. The van der Waals surface area contributed by atoms with E-state index < -0.39 is 5.72 Å². The third-order valence-corrected chi connectivity index (χ3v) is 4.81. The van der Waals surface area contributed by atoms with Gasteiger partial charge in [-0.05, 0) is 38.0 Å². The molecule has 1 unspecified atom stereocenters. The molecule has 0 aromatic heterocycles.